The van der Waals surface area contributed by atoms with E-state index in [2.05, 4.69) is 30.3 Å². The summed E-state index contributed by atoms with van der Waals surface area (Å²) in [4.78, 5) is 2.42. The van der Waals surface area contributed by atoms with E-state index in [4.69, 9.17) is 5.73 Å². The fourth-order valence-corrected chi connectivity index (χ4v) is 1.99. The van der Waals surface area contributed by atoms with Crippen LogP contribution in [0.3, 0.4) is 0 Å². The van der Waals surface area contributed by atoms with Gasteiger partial charge in [-0.2, -0.15) is 0 Å². The maximum atomic E-state index is 5.80. The van der Waals surface area contributed by atoms with Crippen molar-refractivity contribution in [2.24, 2.45) is 0 Å². The molecule has 1 fully saturated rings. The van der Waals surface area contributed by atoms with E-state index in [1.165, 1.54) is 18.4 Å². The van der Waals surface area contributed by atoms with Crippen LogP contribution in [0.15, 0.2) is 18.2 Å². The van der Waals surface area contributed by atoms with Crippen molar-refractivity contribution in [3.8, 4) is 0 Å². The van der Waals surface area contributed by atoms with Gasteiger partial charge in [0.25, 0.3) is 0 Å². The van der Waals surface area contributed by atoms with Crippen LogP contribution in [-0.2, 0) is 0 Å². The number of nitrogens with two attached hydrogens (primary N) is 1. The first kappa shape index (κ1) is 11.3. The summed E-state index contributed by atoms with van der Waals surface area (Å²) >= 11 is 0. The maximum absolute atomic E-state index is 5.80. The third kappa shape index (κ3) is 3.14. The van der Waals surface area contributed by atoms with Crippen LogP contribution >= 0.6 is 0 Å². The highest BCUT2D eigenvalue weighted by atomic mass is 15.2. The van der Waals surface area contributed by atoms with Crippen molar-refractivity contribution >= 4 is 11.4 Å². The summed E-state index contributed by atoms with van der Waals surface area (Å²) in [5.74, 6) is 0. The van der Waals surface area contributed by atoms with E-state index < -0.39 is 0 Å². The molecular formula is C13H21N3. The molecule has 0 bridgehead atoms. The van der Waals surface area contributed by atoms with Crippen molar-refractivity contribution in [1.82, 2.24) is 4.90 Å². The van der Waals surface area contributed by atoms with Gasteiger partial charge in [-0.05, 0) is 50.6 Å². The van der Waals surface area contributed by atoms with E-state index >= 15 is 0 Å². The molecule has 0 unspecified atom stereocenters. The van der Waals surface area contributed by atoms with Crippen molar-refractivity contribution in [3.63, 3.8) is 0 Å². The van der Waals surface area contributed by atoms with Crippen molar-refractivity contribution in [1.29, 1.82) is 0 Å². The minimum Gasteiger partial charge on any atom is -0.399 e. The van der Waals surface area contributed by atoms with E-state index in [0.717, 1.165) is 30.5 Å². The van der Waals surface area contributed by atoms with Crippen LogP contribution in [0.5, 0.6) is 0 Å². The summed E-state index contributed by atoms with van der Waals surface area (Å²) in [6.07, 6.45) is 2.74. The predicted octanol–water partition coefficient (Wildman–Crippen LogP) is 2.08. The van der Waals surface area contributed by atoms with Crippen LogP contribution < -0.4 is 11.1 Å². The van der Waals surface area contributed by atoms with Gasteiger partial charge in [-0.1, -0.05) is 0 Å². The van der Waals surface area contributed by atoms with Gasteiger partial charge in [0.15, 0.2) is 0 Å². The summed E-state index contributed by atoms with van der Waals surface area (Å²) in [6.45, 7) is 4.15. The largest absolute Gasteiger partial charge is 0.399 e. The number of nitrogens with one attached hydrogen (secondary N) is 1. The number of hydrogen-bond acceptors (Lipinski definition) is 3. The third-order valence-electron chi connectivity index (χ3n) is 3.06. The molecule has 3 nitrogen and oxygen atoms in total. The van der Waals surface area contributed by atoms with E-state index in [0.29, 0.717) is 0 Å². The molecule has 1 saturated carbocycles. The van der Waals surface area contributed by atoms with Gasteiger partial charge in [0, 0.05) is 30.5 Å². The fraction of sp³-hybridized carbons (Fsp3) is 0.538. The molecule has 2 rings (SSSR count). The molecule has 0 radical (unpaired) electrons. The van der Waals surface area contributed by atoms with Gasteiger partial charge < -0.3 is 16.0 Å². The second-order valence-corrected chi connectivity index (χ2v) is 4.77. The molecule has 3 N–H and O–H groups in total. The van der Waals surface area contributed by atoms with Crippen molar-refractivity contribution in [2.45, 2.75) is 25.8 Å². The monoisotopic (exact) mass is 219 g/mol. The summed E-state index contributed by atoms with van der Waals surface area (Å²) in [5, 5.41) is 3.42. The number of nitrogen functional groups attached to an aromatic ring is 1. The van der Waals surface area contributed by atoms with E-state index in [1.807, 2.05) is 12.1 Å². The average molecular weight is 219 g/mol. The summed E-state index contributed by atoms with van der Waals surface area (Å²) < 4.78 is 0. The molecule has 0 spiro atoms. The number of anilines is 2. The molecule has 0 atom stereocenters. The smallest absolute Gasteiger partial charge is 0.0363 e. The van der Waals surface area contributed by atoms with Crippen molar-refractivity contribution in [3.05, 3.63) is 23.8 Å². The Balaban J connectivity index is 1.79. The molecule has 0 saturated heterocycles. The minimum absolute atomic E-state index is 0.832. The van der Waals surface area contributed by atoms with E-state index in [-0.39, 0.29) is 0 Å². The number of likely N-dealkylation sites (N-methyl/N-ethyl adjacent to an activating group) is 1. The Labute approximate surface area is 97.6 Å². The van der Waals surface area contributed by atoms with Gasteiger partial charge in [0.1, 0.15) is 0 Å². The number of nitrogens with zero attached hydrogens (tertiary/aromatic N) is 1. The molecule has 3 heteroatoms. The lowest BCUT2D eigenvalue weighted by Gasteiger charge is -2.16. The fourth-order valence-electron chi connectivity index (χ4n) is 1.99. The second-order valence-electron chi connectivity index (χ2n) is 4.77. The normalized spacial score (nSPS) is 15.4. The number of aryl methyl sites for hydroxylation is 1. The van der Waals surface area contributed by atoms with Crippen LogP contribution in [0, 0.1) is 6.92 Å². The summed E-state index contributed by atoms with van der Waals surface area (Å²) in [6, 6.07) is 6.95. The zero-order valence-corrected chi connectivity index (χ0v) is 10.2. The minimum atomic E-state index is 0.832. The summed E-state index contributed by atoms with van der Waals surface area (Å²) in [5.41, 5.74) is 8.96. The average Bonchev–Trinajstić information content (AvgIpc) is 2.98. The Morgan fingerprint density at radius 3 is 2.75 bits per heavy atom. The molecule has 88 valence electrons. The lowest BCUT2D eigenvalue weighted by Crippen LogP contribution is -2.27. The first-order valence-corrected chi connectivity index (χ1v) is 5.96. The van der Waals surface area contributed by atoms with Gasteiger partial charge in [-0.25, -0.2) is 0 Å². The molecule has 0 amide bonds. The Bertz CT molecular complexity index is 338. The predicted molar refractivity (Wildman–Crippen MR) is 69.7 cm³/mol. The Morgan fingerprint density at radius 1 is 1.38 bits per heavy atom. The lowest BCUT2D eigenvalue weighted by atomic mass is 10.2. The highest BCUT2D eigenvalue weighted by Gasteiger charge is 2.25. The highest BCUT2D eigenvalue weighted by molar-refractivity contribution is 5.56. The number of benzene rings is 1. The van der Waals surface area contributed by atoms with Crippen LogP contribution in [0.25, 0.3) is 0 Å². The van der Waals surface area contributed by atoms with Gasteiger partial charge in [0.2, 0.25) is 0 Å². The molecular weight excluding hydrogens is 198 g/mol. The zero-order chi connectivity index (χ0) is 11.5. The molecule has 1 aliphatic rings. The zero-order valence-electron chi connectivity index (χ0n) is 10.2. The summed E-state index contributed by atoms with van der Waals surface area (Å²) in [7, 11) is 2.20. The van der Waals surface area contributed by atoms with Crippen molar-refractivity contribution in [2.75, 3.05) is 31.2 Å². The Kier molecular flexibility index (Phi) is 3.34. The van der Waals surface area contributed by atoms with Crippen molar-refractivity contribution < 1.29 is 0 Å². The molecule has 1 aliphatic carbocycles. The van der Waals surface area contributed by atoms with Gasteiger partial charge in [-0.3, -0.25) is 0 Å². The topological polar surface area (TPSA) is 41.3 Å². The quantitative estimate of drug-likeness (QED) is 0.745. The lowest BCUT2D eigenvalue weighted by molar-refractivity contribution is 0.337. The second kappa shape index (κ2) is 4.74. The third-order valence-corrected chi connectivity index (χ3v) is 3.06. The van der Waals surface area contributed by atoms with Gasteiger partial charge in [-0.15, -0.1) is 0 Å². The number of hydrogen-bond donors (Lipinski definition) is 2. The van der Waals surface area contributed by atoms with Crippen LogP contribution in [0.2, 0.25) is 0 Å². The molecule has 0 aliphatic heterocycles. The standard InChI is InChI=1S/C13H21N3/c1-10-7-11(14)9-12(8-10)15-5-6-16(2)13-3-4-13/h7-9,13,15H,3-6,14H2,1-2H3. The van der Waals surface area contributed by atoms with Gasteiger partial charge >= 0.3 is 0 Å². The first-order chi connectivity index (χ1) is 7.65. The van der Waals surface area contributed by atoms with Crippen LogP contribution in [0.1, 0.15) is 18.4 Å². The molecule has 1 aromatic carbocycles. The maximum Gasteiger partial charge on any atom is 0.0363 e. The highest BCUT2D eigenvalue weighted by Crippen LogP contribution is 2.24. The van der Waals surface area contributed by atoms with E-state index in [9.17, 15) is 0 Å². The Hall–Kier alpha value is -1.22. The van der Waals surface area contributed by atoms with E-state index in [1.54, 1.807) is 0 Å². The first-order valence-electron chi connectivity index (χ1n) is 5.96. The molecule has 16 heavy (non-hydrogen) atoms. The van der Waals surface area contributed by atoms with Gasteiger partial charge in [0.05, 0.1) is 0 Å². The molecule has 1 aromatic rings. The molecule has 0 heterocycles. The Morgan fingerprint density at radius 2 is 2.12 bits per heavy atom. The number of rotatable bonds is 5. The SMILES string of the molecule is Cc1cc(N)cc(NCCN(C)C2CC2)c1. The van der Waals surface area contributed by atoms with Crippen LogP contribution in [0.4, 0.5) is 11.4 Å². The molecule has 0 aromatic heterocycles. The van der Waals surface area contributed by atoms with Crippen LogP contribution in [-0.4, -0.2) is 31.1 Å².